The molecular weight excluding hydrogens is 214 g/mol. The van der Waals surface area contributed by atoms with Gasteiger partial charge in [0.1, 0.15) is 4.88 Å². The Morgan fingerprint density at radius 1 is 1.69 bits per heavy atom. The number of anilines is 1. The lowest BCUT2D eigenvalue weighted by molar-refractivity contribution is -0.0328. The second kappa shape index (κ2) is 3.82. The average molecular weight is 222 g/mol. The van der Waals surface area contributed by atoms with E-state index < -0.39 is 6.41 Å². The summed E-state index contributed by atoms with van der Waals surface area (Å²) in [5.74, 6) is 0.343. The van der Waals surface area contributed by atoms with E-state index in [0.29, 0.717) is 11.6 Å². The summed E-state index contributed by atoms with van der Waals surface area (Å²) in [6.07, 6.45) is -1.05. The number of hydrogen-bond acceptors (Lipinski definition) is 6. The number of halogens is 1. The fourth-order valence-electron chi connectivity index (χ4n) is 0.870. The summed E-state index contributed by atoms with van der Waals surface area (Å²) in [6, 6.07) is 1.76. The number of nitrogens with two attached hydrogens (primary N) is 1. The van der Waals surface area contributed by atoms with Crippen molar-refractivity contribution in [2.24, 2.45) is 5.10 Å². The predicted molar refractivity (Wildman–Crippen MR) is 52.7 cm³/mol. The first-order valence-corrected chi connectivity index (χ1v) is 4.16. The molecule has 1 aromatic rings. The highest BCUT2D eigenvalue weighted by molar-refractivity contribution is 7.12. The van der Waals surface area contributed by atoms with Gasteiger partial charge in [-0.05, 0) is 11.4 Å². The molecule has 1 aliphatic heterocycles. The molecule has 0 saturated heterocycles. The van der Waals surface area contributed by atoms with E-state index in [0.717, 1.165) is 4.88 Å². The number of nitrogens with one attached hydrogen (secondary N) is 1. The summed E-state index contributed by atoms with van der Waals surface area (Å²) in [5, 5.41) is 14.5. The van der Waals surface area contributed by atoms with Gasteiger partial charge in [-0.2, -0.15) is 0 Å². The smallest absolute Gasteiger partial charge is 0.295 e. The van der Waals surface area contributed by atoms with Crippen LogP contribution in [0.15, 0.2) is 16.5 Å². The van der Waals surface area contributed by atoms with Crippen LogP contribution >= 0.6 is 23.7 Å². The van der Waals surface area contributed by atoms with Crippen molar-refractivity contribution < 1.29 is 9.84 Å². The van der Waals surface area contributed by atoms with E-state index in [1.807, 2.05) is 5.38 Å². The van der Waals surface area contributed by atoms with Gasteiger partial charge in [0.05, 0.1) is 5.69 Å². The van der Waals surface area contributed by atoms with E-state index in [4.69, 9.17) is 15.6 Å². The maximum Gasteiger partial charge on any atom is 0.295 e. The number of hydrogen-bond donors (Lipinski definition) is 3. The standard InChI is InChI=1S/C6H7N3O2S.ClH/c7-3-1-2-12-4(3)5-8-9-6(10)11-5;/h1-2,6,9-10H,7H2;1H. The molecule has 7 heteroatoms. The van der Waals surface area contributed by atoms with Crippen molar-refractivity contribution in [2.75, 3.05) is 5.73 Å². The molecule has 2 rings (SSSR count). The molecule has 5 nitrogen and oxygen atoms in total. The van der Waals surface area contributed by atoms with Crippen LogP contribution < -0.4 is 11.2 Å². The Morgan fingerprint density at radius 2 is 2.46 bits per heavy atom. The van der Waals surface area contributed by atoms with Crippen LogP contribution in [0.3, 0.4) is 0 Å². The molecule has 2 heterocycles. The molecule has 1 aromatic heterocycles. The fraction of sp³-hybridized carbons (Fsp3) is 0.167. The molecule has 0 amide bonds. The number of thiophene rings is 1. The Labute approximate surface area is 84.6 Å². The van der Waals surface area contributed by atoms with Gasteiger partial charge in [-0.3, -0.25) is 0 Å². The summed E-state index contributed by atoms with van der Waals surface area (Å²) >= 11 is 1.42. The van der Waals surface area contributed by atoms with Crippen molar-refractivity contribution in [1.29, 1.82) is 0 Å². The predicted octanol–water partition coefficient (Wildman–Crippen LogP) is 0.309. The highest BCUT2D eigenvalue weighted by atomic mass is 35.5. The van der Waals surface area contributed by atoms with Crippen molar-refractivity contribution in [3.8, 4) is 0 Å². The van der Waals surface area contributed by atoms with E-state index in [1.54, 1.807) is 6.07 Å². The van der Waals surface area contributed by atoms with Gasteiger partial charge in [-0.15, -0.1) is 28.8 Å². The van der Waals surface area contributed by atoms with Gasteiger partial charge in [0.2, 0.25) is 0 Å². The highest BCUT2D eigenvalue weighted by Crippen LogP contribution is 2.21. The molecule has 4 N–H and O–H groups in total. The molecule has 0 spiro atoms. The molecule has 0 bridgehead atoms. The van der Waals surface area contributed by atoms with Gasteiger partial charge < -0.3 is 15.6 Å². The molecule has 1 atom stereocenters. The summed E-state index contributed by atoms with van der Waals surface area (Å²) in [5.41, 5.74) is 8.57. The Balaban J connectivity index is 0.000000845. The van der Waals surface area contributed by atoms with Crippen molar-refractivity contribution in [3.63, 3.8) is 0 Å². The number of nitrogen functional groups attached to an aromatic ring is 1. The van der Waals surface area contributed by atoms with Gasteiger partial charge in [-0.1, -0.05) is 0 Å². The van der Waals surface area contributed by atoms with Crippen LogP contribution in [0.2, 0.25) is 0 Å². The van der Waals surface area contributed by atoms with E-state index in [1.165, 1.54) is 11.3 Å². The second-order valence-corrected chi connectivity index (χ2v) is 3.14. The molecule has 0 radical (unpaired) electrons. The zero-order chi connectivity index (χ0) is 8.55. The second-order valence-electron chi connectivity index (χ2n) is 2.22. The van der Waals surface area contributed by atoms with Gasteiger partial charge >= 0.3 is 0 Å². The van der Waals surface area contributed by atoms with Crippen LogP contribution in [0.1, 0.15) is 4.88 Å². The first-order chi connectivity index (χ1) is 5.77. The van der Waals surface area contributed by atoms with Gasteiger partial charge in [0, 0.05) is 0 Å². The molecule has 1 unspecified atom stereocenters. The third-order valence-electron chi connectivity index (χ3n) is 1.39. The first-order valence-electron chi connectivity index (χ1n) is 3.28. The topological polar surface area (TPSA) is 79.9 Å². The van der Waals surface area contributed by atoms with Crippen LogP contribution in [0, 0.1) is 0 Å². The van der Waals surface area contributed by atoms with E-state index in [2.05, 4.69) is 10.5 Å². The lowest BCUT2D eigenvalue weighted by atomic mass is 10.4. The molecular formula is C6H8ClN3O2S. The van der Waals surface area contributed by atoms with Gasteiger partial charge in [0.25, 0.3) is 12.3 Å². The zero-order valence-corrected chi connectivity index (χ0v) is 8.06. The molecule has 72 valence electrons. The van der Waals surface area contributed by atoms with E-state index in [9.17, 15) is 0 Å². The number of aliphatic hydroxyl groups is 1. The maximum atomic E-state index is 8.91. The molecule has 13 heavy (non-hydrogen) atoms. The van der Waals surface area contributed by atoms with Crippen LogP contribution in [0.5, 0.6) is 0 Å². The highest BCUT2D eigenvalue weighted by Gasteiger charge is 2.20. The first kappa shape index (κ1) is 10.1. The normalized spacial score (nSPS) is 19.8. The maximum absolute atomic E-state index is 8.91. The minimum absolute atomic E-state index is 0. The lowest BCUT2D eigenvalue weighted by Gasteiger charge is -2.01. The molecule has 0 fully saturated rings. The van der Waals surface area contributed by atoms with Crippen molar-refractivity contribution >= 4 is 35.3 Å². The Bertz CT molecular complexity index is 327. The number of aliphatic hydroxyl groups excluding tert-OH is 1. The minimum atomic E-state index is -1.05. The molecule has 0 saturated carbocycles. The fourth-order valence-corrected chi connectivity index (χ4v) is 1.62. The number of nitrogens with zero attached hydrogens (tertiary/aromatic N) is 1. The van der Waals surface area contributed by atoms with Crippen LogP contribution in [-0.2, 0) is 4.74 Å². The Hall–Kier alpha value is -0.980. The van der Waals surface area contributed by atoms with Gasteiger partial charge in [-0.25, -0.2) is 5.43 Å². The number of hydrazone groups is 1. The Morgan fingerprint density at radius 3 is 2.92 bits per heavy atom. The summed E-state index contributed by atoms with van der Waals surface area (Å²) in [6.45, 7) is 0. The summed E-state index contributed by atoms with van der Waals surface area (Å²) in [7, 11) is 0. The van der Waals surface area contributed by atoms with Crippen molar-refractivity contribution in [1.82, 2.24) is 5.43 Å². The molecule has 1 aliphatic rings. The van der Waals surface area contributed by atoms with Crippen LogP contribution in [0.25, 0.3) is 0 Å². The molecule has 0 aliphatic carbocycles. The largest absolute Gasteiger partial charge is 0.425 e. The average Bonchev–Trinajstić information content (AvgIpc) is 2.58. The Kier molecular flexibility index (Phi) is 2.97. The van der Waals surface area contributed by atoms with E-state index >= 15 is 0 Å². The lowest BCUT2D eigenvalue weighted by Crippen LogP contribution is -2.20. The number of rotatable bonds is 1. The quantitative estimate of drug-likeness (QED) is 0.638. The number of ether oxygens (including phenoxy) is 1. The summed E-state index contributed by atoms with van der Waals surface area (Å²) in [4.78, 5) is 0.735. The SMILES string of the molecule is Cl.Nc1ccsc1C1=NNC(O)O1. The summed E-state index contributed by atoms with van der Waals surface area (Å²) < 4.78 is 4.91. The van der Waals surface area contributed by atoms with Crippen LogP contribution in [0.4, 0.5) is 5.69 Å². The monoisotopic (exact) mass is 221 g/mol. The third-order valence-corrected chi connectivity index (χ3v) is 2.31. The third kappa shape index (κ3) is 1.85. The zero-order valence-electron chi connectivity index (χ0n) is 6.43. The molecule has 0 aromatic carbocycles. The minimum Gasteiger partial charge on any atom is -0.425 e. The van der Waals surface area contributed by atoms with Crippen LogP contribution in [-0.4, -0.2) is 17.4 Å². The van der Waals surface area contributed by atoms with Crippen molar-refractivity contribution in [3.05, 3.63) is 16.3 Å². The van der Waals surface area contributed by atoms with Crippen molar-refractivity contribution in [2.45, 2.75) is 6.41 Å². The van der Waals surface area contributed by atoms with Gasteiger partial charge in [0.15, 0.2) is 0 Å². The van der Waals surface area contributed by atoms with E-state index in [-0.39, 0.29) is 12.4 Å².